The summed E-state index contributed by atoms with van der Waals surface area (Å²) in [7, 11) is 2.05. The average Bonchev–Trinajstić information content (AvgIpc) is 2.40. The lowest BCUT2D eigenvalue weighted by Gasteiger charge is -2.23. The van der Waals surface area contributed by atoms with Gasteiger partial charge in [0.25, 0.3) is 0 Å². The summed E-state index contributed by atoms with van der Waals surface area (Å²) in [5.41, 5.74) is 3.31. The Bertz CT molecular complexity index is 493. The summed E-state index contributed by atoms with van der Waals surface area (Å²) in [6, 6.07) is 18.3. The zero-order chi connectivity index (χ0) is 13.0. The third kappa shape index (κ3) is 2.90. The molecule has 18 heavy (non-hydrogen) atoms. The van der Waals surface area contributed by atoms with Gasteiger partial charge in [0.05, 0.1) is 6.10 Å². The molecule has 94 valence electrons. The van der Waals surface area contributed by atoms with Gasteiger partial charge in [-0.1, -0.05) is 48.5 Å². The highest BCUT2D eigenvalue weighted by Gasteiger charge is 2.10. The number of anilines is 1. The highest BCUT2D eigenvalue weighted by Crippen LogP contribution is 2.26. The molecule has 0 aliphatic carbocycles. The standard InChI is InChI=1S/C16H19NO/c1-13(18)15-10-6-7-11-16(15)17(2)12-14-8-4-3-5-9-14/h3-11,13,18H,12H2,1-2H3/t13-/m0/s1. The Labute approximate surface area is 109 Å². The molecule has 1 atom stereocenters. The second kappa shape index (κ2) is 5.69. The zero-order valence-electron chi connectivity index (χ0n) is 10.9. The number of hydrogen-bond acceptors (Lipinski definition) is 2. The lowest BCUT2D eigenvalue weighted by Crippen LogP contribution is -2.18. The fraction of sp³-hybridized carbons (Fsp3) is 0.250. The predicted molar refractivity (Wildman–Crippen MR) is 75.6 cm³/mol. The highest BCUT2D eigenvalue weighted by atomic mass is 16.3. The van der Waals surface area contributed by atoms with E-state index in [9.17, 15) is 5.11 Å². The third-order valence-electron chi connectivity index (χ3n) is 3.06. The van der Waals surface area contributed by atoms with Crippen molar-refractivity contribution in [3.05, 3.63) is 65.7 Å². The van der Waals surface area contributed by atoms with Crippen LogP contribution < -0.4 is 4.90 Å². The van der Waals surface area contributed by atoms with Crippen molar-refractivity contribution in [1.29, 1.82) is 0 Å². The molecular formula is C16H19NO. The van der Waals surface area contributed by atoms with E-state index < -0.39 is 6.10 Å². The Balaban J connectivity index is 2.21. The van der Waals surface area contributed by atoms with Gasteiger partial charge in [-0.3, -0.25) is 0 Å². The molecule has 2 aromatic carbocycles. The Morgan fingerprint density at radius 2 is 1.61 bits per heavy atom. The van der Waals surface area contributed by atoms with Crippen LogP contribution in [0.2, 0.25) is 0 Å². The summed E-state index contributed by atoms with van der Waals surface area (Å²) in [6.07, 6.45) is -0.445. The van der Waals surface area contributed by atoms with Gasteiger partial charge in [-0.2, -0.15) is 0 Å². The van der Waals surface area contributed by atoms with E-state index in [4.69, 9.17) is 0 Å². The Kier molecular flexibility index (Phi) is 4.00. The maximum Gasteiger partial charge on any atom is 0.0781 e. The summed E-state index contributed by atoms with van der Waals surface area (Å²) in [6.45, 7) is 2.64. The molecule has 2 nitrogen and oxygen atoms in total. The Hall–Kier alpha value is -1.80. The van der Waals surface area contributed by atoms with Crippen LogP contribution in [-0.4, -0.2) is 12.2 Å². The van der Waals surface area contributed by atoms with Crippen LogP contribution in [0.4, 0.5) is 5.69 Å². The molecule has 2 aromatic rings. The molecule has 0 fully saturated rings. The van der Waals surface area contributed by atoms with Crippen molar-refractivity contribution in [1.82, 2.24) is 0 Å². The molecular weight excluding hydrogens is 222 g/mol. The summed E-state index contributed by atoms with van der Waals surface area (Å²) in [5, 5.41) is 9.79. The van der Waals surface area contributed by atoms with Crippen LogP contribution in [0.5, 0.6) is 0 Å². The molecule has 0 radical (unpaired) electrons. The van der Waals surface area contributed by atoms with E-state index in [1.165, 1.54) is 5.56 Å². The van der Waals surface area contributed by atoms with Crippen LogP contribution >= 0.6 is 0 Å². The Morgan fingerprint density at radius 1 is 1.00 bits per heavy atom. The second-order valence-corrected chi connectivity index (χ2v) is 4.58. The lowest BCUT2D eigenvalue weighted by atomic mass is 10.1. The van der Waals surface area contributed by atoms with Gasteiger partial charge < -0.3 is 10.0 Å². The van der Waals surface area contributed by atoms with Gasteiger partial charge in [-0.05, 0) is 18.6 Å². The van der Waals surface area contributed by atoms with E-state index in [0.29, 0.717) is 0 Å². The minimum Gasteiger partial charge on any atom is -0.389 e. The molecule has 0 bridgehead atoms. The van der Waals surface area contributed by atoms with Crippen molar-refractivity contribution >= 4 is 5.69 Å². The van der Waals surface area contributed by atoms with Gasteiger partial charge >= 0.3 is 0 Å². The third-order valence-corrected chi connectivity index (χ3v) is 3.06. The van der Waals surface area contributed by atoms with Crippen LogP contribution in [0.3, 0.4) is 0 Å². The smallest absolute Gasteiger partial charge is 0.0781 e. The van der Waals surface area contributed by atoms with Crippen LogP contribution in [0.15, 0.2) is 54.6 Å². The number of benzene rings is 2. The zero-order valence-corrected chi connectivity index (χ0v) is 10.9. The molecule has 0 saturated carbocycles. The van der Waals surface area contributed by atoms with Crippen LogP contribution in [0.25, 0.3) is 0 Å². The SMILES string of the molecule is C[C@H](O)c1ccccc1N(C)Cc1ccccc1. The lowest BCUT2D eigenvalue weighted by molar-refractivity contribution is 0.199. The fourth-order valence-electron chi connectivity index (χ4n) is 2.13. The Morgan fingerprint density at radius 3 is 2.28 bits per heavy atom. The van der Waals surface area contributed by atoms with Crippen molar-refractivity contribution in [3.63, 3.8) is 0 Å². The highest BCUT2D eigenvalue weighted by molar-refractivity contribution is 5.54. The van der Waals surface area contributed by atoms with Gasteiger partial charge in [-0.25, -0.2) is 0 Å². The normalized spacial score (nSPS) is 12.2. The van der Waals surface area contributed by atoms with Crippen molar-refractivity contribution in [2.24, 2.45) is 0 Å². The van der Waals surface area contributed by atoms with Gasteiger partial charge in [0.1, 0.15) is 0 Å². The first-order valence-corrected chi connectivity index (χ1v) is 6.20. The molecule has 0 unspecified atom stereocenters. The van der Waals surface area contributed by atoms with E-state index >= 15 is 0 Å². The summed E-state index contributed by atoms with van der Waals surface area (Å²) < 4.78 is 0. The van der Waals surface area contributed by atoms with E-state index in [1.54, 1.807) is 6.92 Å². The number of hydrogen-bond donors (Lipinski definition) is 1. The first-order valence-electron chi connectivity index (χ1n) is 6.20. The molecule has 0 amide bonds. The summed E-state index contributed by atoms with van der Waals surface area (Å²) in [4.78, 5) is 2.16. The number of para-hydroxylation sites is 1. The fourth-order valence-corrected chi connectivity index (χ4v) is 2.13. The van der Waals surface area contributed by atoms with Crippen molar-refractivity contribution in [2.75, 3.05) is 11.9 Å². The maximum absolute atomic E-state index is 9.79. The first-order chi connectivity index (χ1) is 8.68. The van der Waals surface area contributed by atoms with Crippen LogP contribution in [-0.2, 0) is 6.54 Å². The summed E-state index contributed by atoms with van der Waals surface area (Å²) in [5.74, 6) is 0. The molecule has 0 aliphatic heterocycles. The summed E-state index contributed by atoms with van der Waals surface area (Å²) >= 11 is 0. The van der Waals surface area contributed by atoms with E-state index in [0.717, 1.165) is 17.8 Å². The number of aliphatic hydroxyl groups is 1. The van der Waals surface area contributed by atoms with Crippen molar-refractivity contribution in [2.45, 2.75) is 19.6 Å². The maximum atomic E-state index is 9.79. The van der Waals surface area contributed by atoms with Gasteiger partial charge in [-0.15, -0.1) is 0 Å². The number of aliphatic hydroxyl groups excluding tert-OH is 1. The first kappa shape index (κ1) is 12.7. The minimum absolute atomic E-state index is 0.445. The monoisotopic (exact) mass is 241 g/mol. The average molecular weight is 241 g/mol. The second-order valence-electron chi connectivity index (χ2n) is 4.58. The molecule has 2 heteroatoms. The predicted octanol–water partition coefficient (Wildman–Crippen LogP) is 3.38. The number of rotatable bonds is 4. The number of nitrogens with zero attached hydrogens (tertiary/aromatic N) is 1. The van der Waals surface area contributed by atoms with Gasteiger partial charge in [0.2, 0.25) is 0 Å². The molecule has 0 spiro atoms. The van der Waals surface area contributed by atoms with Crippen LogP contribution in [0.1, 0.15) is 24.2 Å². The largest absolute Gasteiger partial charge is 0.389 e. The minimum atomic E-state index is -0.445. The van der Waals surface area contributed by atoms with Crippen molar-refractivity contribution in [3.8, 4) is 0 Å². The van der Waals surface area contributed by atoms with E-state index in [1.807, 2.05) is 49.5 Å². The molecule has 0 aromatic heterocycles. The molecule has 0 aliphatic rings. The molecule has 1 N–H and O–H groups in total. The van der Waals surface area contributed by atoms with Gasteiger partial charge in [0, 0.05) is 24.8 Å². The topological polar surface area (TPSA) is 23.5 Å². The molecule has 0 saturated heterocycles. The van der Waals surface area contributed by atoms with E-state index in [-0.39, 0.29) is 0 Å². The van der Waals surface area contributed by atoms with Crippen LogP contribution in [0, 0.1) is 0 Å². The van der Waals surface area contributed by atoms with Gasteiger partial charge in [0.15, 0.2) is 0 Å². The van der Waals surface area contributed by atoms with E-state index in [2.05, 4.69) is 17.0 Å². The molecule has 2 rings (SSSR count). The molecule has 0 heterocycles. The quantitative estimate of drug-likeness (QED) is 0.887. The van der Waals surface area contributed by atoms with Crippen molar-refractivity contribution < 1.29 is 5.11 Å².